The van der Waals surface area contributed by atoms with Crippen molar-refractivity contribution in [2.45, 2.75) is 19.5 Å². The van der Waals surface area contributed by atoms with Crippen LogP contribution in [0.15, 0.2) is 18.2 Å². The van der Waals surface area contributed by atoms with Gasteiger partial charge in [0.05, 0.1) is 6.54 Å². The number of nitrogens with one attached hydrogen (secondary N) is 2. The molecule has 0 spiro atoms. The molecular weight excluding hydrogens is 249 g/mol. The number of anilines is 1. The van der Waals surface area contributed by atoms with Crippen LogP contribution in [-0.2, 0) is 16.1 Å². The molecule has 1 aliphatic heterocycles. The number of amides is 2. The maximum absolute atomic E-state index is 13.6. The molecule has 19 heavy (non-hydrogen) atoms. The highest BCUT2D eigenvalue weighted by molar-refractivity contribution is 6.04. The fourth-order valence-corrected chi connectivity index (χ4v) is 2.13. The number of rotatable bonds is 3. The second-order valence-electron chi connectivity index (χ2n) is 4.56. The fraction of sp³-hybridized carbons (Fsp3) is 0.385. The lowest BCUT2D eigenvalue weighted by Gasteiger charge is -2.33. The van der Waals surface area contributed by atoms with Crippen molar-refractivity contribution in [2.24, 2.45) is 0 Å². The molecule has 1 heterocycles. The van der Waals surface area contributed by atoms with Crippen LogP contribution in [-0.4, -0.2) is 31.4 Å². The zero-order valence-electron chi connectivity index (χ0n) is 10.9. The average Bonchev–Trinajstić information content (AvgIpc) is 2.33. The summed E-state index contributed by atoms with van der Waals surface area (Å²) in [5.41, 5.74) is 1.31. The van der Waals surface area contributed by atoms with E-state index in [1.807, 2.05) is 0 Å². The summed E-state index contributed by atoms with van der Waals surface area (Å²) in [7, 11) is 1.77. The first-order valence-corrected chi connectivity index (χ1v) is 6.05. The van der Waals surface area contributed by atoms with Crippen molar-refractivity contribution in [3.63, 3.8) is 0 Å². The third-order valence-corrected chi connectivity index (χ3v) is 3.08. The summed E-state index contributed by atoms with van der Waals surface area (Å²) < 4.78 is 13.6. The maximum Gasteiger partial charge on any atom is 0.249 e. The number of piperazine rings is 1. The molecule has 2 rings (SSSR count). The van der Waals surface area contributed by atoms with Crippen LogP contribution in [0.2, 0.25) is 0 Å². The number of carbonyl (C=O) groups excluding carboxylic acids is 2. The Labute approximate surface area is 110 Å². The minimum atomic E-state index is -0.498. The fourth-order valence-electron chi connectivity index (χ4n) is 2.13. The molecule has 0 saturated carbocycles. The quantitative estimate of drug-likeness (QED) is 0.776. The topological polar surface area (TPSA) is 61.4 Å². The molecule has 1 unspecified atom stereocenters. The van der Waals surface area contributed by atoms with E-state index in [4.69, 9.17) is 0 Å². The monoisotopic (exact) mass is 265 g/mol. The van der Waals surface area contributed by atoms with Gasteiger partial charge in [0.15, 0.2) is 0 Å². The Hall–Kier alpha value is -1.95. The van der Waals surface area contributed by atoms with Crippen molar-refractivity contribution in [2.75, 3.05) is 18.5 Å². The number of nitrogens with zero attached hydrogens (tertiary/aromatic N) is 1. The molecule has 1 aromatic carbocycles. The maximum atomic E-state index is 13.6. The van der Waals surface area contributed by atoms with Crippen molar-refractivity contribution in [1.82, 2.24) is 10.6 Å². The summed E-state index contributed by atoms with van der Waals surface area (Å²) >= 11 is 0. The van der Waals surface area contributed by atoms with Gasteiger partial charge in [0.2, 0.25) is 11.8 Å². The molecule has 5 nitrogen and oxygen atoms in total. The molecule has 1 aromatic rings. The van der Waals surface area contributed by atoms with Crippen molar-refractivity contribution >= 4 is 17.5 Å². The summed E-state index contributed by atoms with van der Waals surface area (Å²) in [5.74, 6) is -1.12. The van der Waals surface area contributed by atoms with Crippen LogP contribution in [0, 0.1) is 5.82 Å². The first-order chi connectivity index (χ1) is 9.01. The predicted molar refractivity (Wildman–Crippen MR) is 69.1 cm³/mol. The Morgan fingerprint density at radius 1 is 1.42 bits per heavy atom. The molecule has 1 atom stereocenters. The number of benzene rings is 1. The van der Waals surface area contributed by atoms with Gasteiger partial charge in [0.25, 0.3) is 0 Å². The van der Waals surface area contributed by atoms with Gasteiger partial charge in [-0.25, -0.2) is 4.39 Å². The van der Waals surface area contributed by atoms with E-state index in [1.165, 1.54) is 12.1 Å². The van der Waals surface area contributed by atoms with Gasteiger partial charge in [-0.3, -0.25) is 14.9 Å². The molecule has 0 radical (unpaired) electrons. The largest absolute Gasteiger partial charge is 0.350 e. The standard InChI is InChI=1S/C13H16FN3O2/c1-8-13(19)16-12(18)7-17(8)11-4-9(6-15-2)3-10(14)5-11/h3-5,8,15H,6-7H2,1-2H3,(H,16,18,19). The van der Waals surface area contributed by atoms with Gasteiger partial charge in [-0.05, 0) is 37.7 Å². The minimum absolute atomic E-state index is 0.0509. The van der Waals surface area contributed by atoms with Crippen LogP contribution < -0.4 is 15.5 Å². The van der Waals surface area contributed by atoms with Gasteiger partial charge in [-0.15, -0.1) is 0 Å². The van der Waals surface area contributed by atoms with Gasteiger partial charge in [0, 0.05) is 12.2 Å². The Kier molecular flexibility index (Phi) is 3.80. The molecule has 2 amide bonds. The molecule has 0 aliphatic carbocycles. The minimum Gasteiger partial charge on any atom is -0.350 e. The summed E-state index contributed by atoms with van der Waals surface area (Å²) in [6, 6.07) is 4.04. The van der Waals surface area contributed by atoms with E-state index in [0.29, 0.717) is 12.2 Å². The van der Waals surface area contributed by atoms with E-state index in [-0.39, 0.29) is 24.2 Å². The van der Waals surface area contributed by atoms with Gasteiger partial charge in [0.1, 0.15) is 11.9 Å². The van der Waals surface area contributed by atoms with Gasteiger partial charge in [-0.2, -0.15) is 0 Å². The third-order valence-electron chi connectivity index (χ3n) is 3.08. The Bertz CT molecular complexity index is 519. The first-order valence-electron chi connectivity index (χ1n) is 6.05. The lowest BCUT2D eigenvalue weighted by atomic mass is 10.1. The van der Waals surface area contributed by atoms with Crippen LogP contribution >= 0.6 is 0 Å². The zero-order valence-corrected chi connectivity index (χ0v) is 10.9. The number of hydrogen-bond acceptors (Lipinski definition) is 4. The van der Waals surface area contributed by atoms with Crippen LogP contribution in [0.5, 0.6) is 0 Å². The summed E-state index contributed by atoms with van der Waals surface area (Å²) in [6.45, 7) is 2.26. The lowest BCUT2D eigenvalue weighted by Crippen LogP contribution is -2.57. The highest BCUT2D eigenvalue weighted by Crippen LogP contribution is 2.22. The third kappa shape index (κ3) is 2.90. The Morgan fingerprint density at radius 3 is 2.84 bits per heavy atom. The Balaban J connectivity index is 2.34. The van der Waals surface area contributed by atoms with Gasteiger partial charge in [-0.1, -0.05) is 0 Å². The molecule has 1 saturated heterocycles. The molecular formula is C13H16FN3O2. The second kappa shape index (κ2) is 5.36. The molecule has 6 heteroatoms. The van der Waals surface area contributed by atoms with Crippen LogP contribution in [0.3, 0.4) is 0 Å². The first kappa shape index (κ1) is 13.5. The van der Waals surface area contributed by atoms with Crippen molar-refractivity contribution in [3.05, 3.63) is 29.6 Å². The van der Waals surface area contributed by atoms with Crippen LogP contribution in [0.4, 0.5) is 10.1 Å². The molecule has 2 N–H and O–H groups in total. The molecule has 1 aliphatic rings. The molecule has 102 valence electrons. The van der Waals surface area contributed by atoms with E-state index in [0.717, 1.165) is 5.56 Å². The number of carbonyl (C=O) groups is 2. The number of halogens is 1. The summed E-state index contributed by atoms with van der Waals surface area (Å²) in [5, 5.41) is 5.20. The predicted octanol–water partition coefficient (Wildman–Crippen LogP) is 0.396. The Morgan fingerprint density at radius 2 is 2.16 bits per heavy atom. The number of hydrogen-bond donors (Lipinski definition) is 2. The smallest absolute Gasteiger partial charge is 0.249 e. The molecule has 1 fully saturated rings. The molecule has 0 aromatic heterocycles. The van der Waals surface area contributed by atoms with E-state index < -0.39 is 6.04 Å². The second-order valence-corrected chi connectivity index (χ2v) is 4.56. The van der Waals surface area contributed by atoms with Crippen molar-refractivity contribution < 1.29 is 14.0 Å². The normalized spacial score (nSPS) is 19.5. The zero-order chi connectivity index (χ0) is 14.0. The van der Waals surface area contributed by atoms with Crippen LogP contribution in [0.25, 0.3) is 0 Å². The highest BCUT2D eigenvalue weighted by atomic mass is 19.1. The average molecular weight is 265 g/mol. The van der Waals surface area contributed by atoms with Crippen molar-refractivity contribution in [3.8, 4) is 0 Å². The summed E-state index contributed by atoms with van der Waals surface area (Å²) in [4.78, 5) is 24.6. The van der Waals surface area contributed by atoms with Gasteiger partial charge >= 0.3 is 0 Å². The number of imide groups is 1. The summed E-state index contributed by atoms with van der Waals surface area (Å²) in [6.07, 6.45) is 0. The van der Waals surface area contributed by atoms with E-state index in [2.05, 4.69) is 10.6 Å². The van der Waals surface area contributed by atoms with Crippen LogP contribution in [0.1, 0.15) is 12.5 Å². The van der Waals surface area contributed by atoms with Crippen molar-refractivity contribution in [1.29, 1.82) is 0 Å². The van der Waals surface area contributed by atoms with E-state index in [9.17, 15) is 14.0 Å². The van der Waals surface area contributed by atoms with E-state index in [1.54, 1.807) is 24.9 Å². The SMILES string of the molecule is CNCc1cc(F)cc(N2CC(=O)NC(=O)C2C)c1. The lowest BCUT2D eigenvalue weighted by molar-refractivity contribution is -0.132. The van der Waals surface area contributed by atoms with E-state index >= 15 is 0 Å². The molecule has 0 bridgehead atoms. The highest BCUT2D eigenvalue weighted by Gasteiger charge is 2.30. The van der Waals surface area contributed by atoms with Gasteiger partial charge < -0.3 is 10.2 Å².